The first kappa shape index (κ1) is 10.8. The Morgan fingerprint density at radius 3 is 2.94 bits per heavy atom. The van der Waals surface area contributed by atoms with Crippen LogP contribution in [0.15, 0.2) is 12.3 Å². The molecule has 0 fully saturated rings. The maximum absolute atomic E-state index is 11.4. The maximum atomic E-state index is 11.4. The van der Waals surface area contributed by atoms with Gasteiger partial charge >= 0.3 is 5.97 Å². The summed E-state index contributed by atoms with van der Waals surface area (Å²) in [5.41, 5.74) is 1.09. The number of carbonyl (C=O) groups excluding carboxylic acids is 1. The van der Waals surface area contributed by atoms with Crippen molar-refractivity contribution in [3.05, 3.63) is 28.5 Å². The molecule has 84 valence electrons. The summed E-state index contributed by atoms with van der Waals surface area (Å²) in [6, 6.07) is 1.65. The molecule has 5 nitrogen and oxygen atoms in total. The van der Waals surface area contributed by atoms with Crippen molar-refractivity contribution in [2.75, 3.05) is 7.11 Å². The van der Waals surface area contributed by atoms with Gasteiger partial charge in [-0.25, -0.2) is 9.78 Å². The number of methoxy groups -OCH3 is 1. The van der Waals surface area contributed by atoms with E-state index in [0.29, 0.717) is 16.7 Å². The summed E-state index contributed by atoms with van der Waals surface area (Å²) in [7, 11) is 1.27. The first-order valence-electron chi connectivity index (χ1n) is 4.50. The number of rotatable bonds is 1. The Morgan fingerprint density at radius 1 is 1.62 bits per heavy atom. The molecule has 6 heteroatoms. The van der Waals surface area contributed by atoms with Crippen LogP contribution in [-0.2, 0) is 4.74 Å². The minimum absolute atomic E-state index is 0.183. The average molecular weight is 241 g/mol. The largest absolute Gasteiger partial charge is 0.465 e. The fourth-order valence-electron chi connectivity index (χ4n) is 1.48. The first-order valence-corrected chi connectivity index (χ1v) is 4.88. The number of hydrogen-bond acceptors (Lipinski definition) is 4. The Balaban J connectivity index is 2.75. The molecule has 0 spiro atoms. The van der Waals surface area contributed by atoms with Gasteiger partial charge in [0, 0.05) is 11.6 Å². The molecule has 16 heavy (non-hydrogen) atoms. The van der Waals surface area contributed by atoms with Gasteiger partial charge in [-0.2, -0.15) is 4.73 Å². The Labute approximate surface area is 96.2 Å². The highest BCUT2D eigenvalue weighted by Gasteiger charge is 2.17. The van der Waals surface area contributed by atoms with E-state index in [0.717, 1.165) is 4.73 Å². The molecule has 0 aliphatic rings. The van der Waals surface area contributed by atoms with E-state index in [-0.39, 0.29) is 10.6 Å². The minimum atomic E-state index is -0.553. The number of aromatic nitrogens is 2. The highest BCUT2D eigenvalue weighted by molar-refractivity contribution is 6.38. The fourth-order valence-corrected chi connectivity index (χ4v) is 1.75. The van der Waals surface area contributed by atoms with Crippen molar-refractivity contribution in [3.8, 4) is 0 Å². The van der Waals surface area contributed by atoms with Gasteiger partial charge in [0.2, 0.25) is 0 Å². The molecule has 0 atom stereocenters. The van der Waals surface area contributed by atoms with Gasteiger partial charge in [0.15, 0.2) is 5.65 Å². The lowest BCUT2D eigenvalue weighted by Gasteiger charge is -2.02. The predicted molar refractivity (Wildman–Crippen MR) is 58.0 cm³/mol. The smallest absolute Gasteiger partial charge is 0.340 e. The lowest BCUT2D eigenvalue weighted by Crippen LogP contribution is -2.03. The maximum Gasteiger partial charge on any atom is 0.340 e. The zero-order valence-electron chi connectivity index (χ0n) is 8.69. The Morgan fingerprint density at radius 2 is 2.31 bits per heavy atom. The van der Waals surface area contributed by atoms with E-state index in [2.05, 4.69) is 9.72 Å². The molecule has 0 unspecified atom stereocenters. The van der Waals surface area contributed by atoms with Crippen LogP contribution in [0.25, 0.3) is 11.0 Å². The van der Waals surface area contributed by atoms with Crippen LogP contribution in [0.2, 0.25) is 5.02 Å². The molecule has 0 amide bonds. The standard InChI is InChI=1S/C10H9ClN2O3/c1-5-3-6-8(11)7(10(14)16-2)4-12-9(6)13(5)15/h3-4,15H,1-2H3. The number of nitrogens with zero attached hydrogens (tertiary/aromatic N) is 2. The molecule has 1 N–H and O–H groups in total. The third-order valence-corrected chi connectivity index (χ3v) is 2.73. The number of aryl methyl sites for hydroxylation is 1. The highest BCUT2D eigenvalue weighted by Crippen LogP contribution is 2.27. The van der Waals surface area contributed by atoms with Crippen LogP contribution < -0.4 is 0 Å². The third kappa shape index (κ3) is 1.40. The Bertz CT molecular complexity index is 577. The molecule has 0 bridgehead atoms. The molecule has 0 saturated heterocycles. The zero-order valence-corrected chi connectivity index (χ0v) is 9.45. The molecule has 2 heterocycles. The second kappa shape index (κ2) is 3.68. The van der Waals surface area contributed by atoms with E-state index in [1.165, 1.54) is 13.3 Å². The SMILES string of the molecule is COC(=O)c1cnc2c(cc(C)n2O)c1Cl. The molecule has 0 aliphatic carbocycles. The number of esters is 1. The third-order valence-electron chi connectivity index (χ3n) is 2.32. The lowest BCUT2D eigenvalue weighted by atomic mass is 10.2. The molecule has 2 aromatic heterocycles. The highest BCUT2D eigenvalue weighted by atomic mass is 35.5. The minimum Gasteiger partial charge on any atom is -0.465 e. The van der Waals surface area contributed by atoms with E-state index in [9.17, 15) is 10.0 Å². The van der Waals surface area contributed by atoms with Crippen molar-refractivity contribution in [2.45, 2.75) is 6.92 Å². The van der Waals surface area contributed by atoms with E-state index in [1.807, 2.05) is 0 Å². The van der Waals surface area contributed by atoms with Crippen LogP contribution in [0.3, 0.4) is 0 Å². The second-order valence-corrected chi connectivity index (χ2v) is 3.69. The summed E-state index contributed by atoms with van der Waals surface area (Å²) in [5, 5.41) is 10.3. The normalized spacial score (nSPS) is 10.7. The van der Waals surface area contributed by atoms with Crippen LogP contribution in [-0.4, -0.2) is 28.0 Å². The van der Waals surface area contributed by atoms with Gasteiger partial charge in [0.25, 0.3) is 0 Å². The predicted octanol–water partition coefficient (Wildman–Crippen LogP) is 2.02. The number of carbonyl (C=O) groups is 1. The van der Waals surface area contributed by atoms with Crippen molar-refractivity contribution in [2.24, 2.45) is 0 Å². The van der Waals surface area contributed by atoms with Gasteiger partial charge < -0.3 is 9.94 Å². The summed E-state index contributed by atoms with van der Waals surface area (Å²) in [5.74, 6) is -0.553. The summed E-state index contributed by atoms with van der Waals surface area (Å²) >= 11 is 6.04. The number of ether oxygens (including phenoxy) is 1. The summed E-state index contributed by atoms with van der Waals surface area (Å²) in [4.78, 5) is 15.3. The molecular weight excluding hydrogens is 232 g/mol. The van der Waals surface area contributed by atoms with Gasteiger partial charge in [0.05, 0.1) is 23.4 Å². The number of fused-ring (bicyclic) bond motifs is 1. The summed E-state index contributed by atoms with van der Waals surface area (Å²) in [6.07, 6.45) is 1.28. The summed E-state index contributed by atoms with van der Waals surface area (Å²) < 4.78 is 5.49. The second-order valence-electron chi connectivity index (χ2n) is 3.31. The molecular formula is C10H9ClN2O3. The summed E-state index contributed by atoms with van der Waals surface area (Å²) in [6.45, 7) is 1.70. The van der Waals surface area contributed by atoms with Crippen LogP contribution in [0.4, 0.5) is 0 Å². The molecule has 0 aliphatic heterocycles. The number of halogens is 1. The van der Waals surface area contributed by atoms with Crippen LogP contribution in [0.5, 0.6) is 0 Å². The van der Waals surface area contributed by atoms with Crippen molar-refractivity contribution in [3.63, 3.8) is 0 Å². The first-order chi connectivity index (χ1) is 7.56. The monoisotopic (exact) mass is 240 g/mol. The zero-order chi connectivity index (χ0) is 11.9. The van der Waals surface area contributed by atoms with Crippen molar-refractivity contribution >= 4 is 28.6 Å². The Hall–Kier alpha value is -1.75. The van der Waals surface area contributed by atoms with Gasteiger partial charge in [-0.15, -0.1) is 0 Å². The molecule has 0 aromatic carbocycles. The van der Waals surface area contributed by atoms with Crippen molar-refractivity contribution < 1.29 is 14.7 Å². The van der Waals surface area contributed by atoms with Gasteiger partial charge in [0.1, 0.15) is 0 Å². The van der Waals surface area contributed by atoms with Crippen molar-refractivity contribution in [1.29, 1.82) is 0 Å². The van der Waals surface area contributed by atoms with Crippen LogP contribution >= 0.6 is 11.6 Å². The molecule has 0 saturated carbocycles. The fraction of sp³-hybridized carbons (Fsp3) is 0.200. The van der Waals surface area contributed by atoms with Crippen molar-refractivity contribution in [1.82, 2.24) is 9.71 Å². The lowest BCUT2D eigenvalue weighted by molar-refractivity contribution is 0.0600. The number of hydrogen-bond donors (Lipinski definition) is 1. The Kier molecular flexibility index (Phi) is 2.47. The molecule has 2 rings (SSSR count). The van der Waals surface area contributed by atoms with E-state index >= 15 is 0 Å². The quantitative estimate of drug-likeness (QED) is 0.612. The topological polar surface area (TPSA) is 64.3 Å². The molecule has 2 aromatic rings. The van der Waals surface area contributed by atoms with Gasteiger partial charge in [-0.1, -0.05) is 11.6 Å². The van der Waals surface area contributed by atoms with Crippen LogP contribution in [0.1, 0.15) is 16.1 Å². The number of pyridine rings is 1. The van der Waals surface area contributed by atoms with E-state index < -0.39 is 5.97 Å². The molecule has 0 radical (unpaired) electrons. The van der Waals surface area contributed by atoms with E-state index in [4.69, 9.17) is 11.6 Å². The van der Waals surface area contributed by atoms with Crippen LogP contribution in [0, 0.1) is 6.92 Å². The van der Waals surface area contributed by atoms with E-state index in [1.54, 1.807) is 13.0 Å². The average Bonchev–Trinajstić information content (AvgIpc) is 2.57. The van der Waals surface area contributed by atoms with Gasteiger partial charge in [-0.05, 0) is 13.0 Å². The van der Waals surface area contributed by atoms with Gasteiger partial charge in [-0.3, -0.25) is 0 Å².